The fourth-order valence-corrected chi connectivity index (χ4v) is 5.09. The van der Waals surface area contributed by atoms with Gasteiger partial charge in [0.05, 0.1) is 6.61 Å². The Labute approximate surface area is 226 Å². The van der Waals surface area contributed by atoms with Crippen LogP contribution in [0.15, 0.2) is 42.5 Å². The molecule has 1 aliphatic carbocycles. The Balaban J connectivity index is 0.00000432. The van der Waals surface area contributed by atoms with E-state index in [1.807, 2.05) is 49.6 Å². The van der Waals surface area contributed by atoms with Crippen molar-refractivity contribution in [2.45, 2.75) is 64.5 Å². The van der Waals surface area contributed by atoms with Crippen LogP contribution in [0.1, 0.15) is 66.4 Å². The maximum atomic E-state index is 13.2. The Bertz CT molecular complexity index is 962. The Hall–Kier alpha value is -1.71. The van der Waals surface area contributed by atoms with Crippen LogP contribution in [0.5, 0.6) is 0 Å². The van der Waals surface area contributed by atoms with Crippen molar-refractivity contribution in [3.05, 3.63) is 59.2 Å². The number of rotatable bonds is 12. The van der Waals surface area contributed by atoms with Crippen LogP contribution in [0.25, 0.3) is 11.1 Å². The summed E-state index contributed by atoms with van der Waals surface area (Å²) in [4.78, 5) is 24.8. The third-order valence-electron chi connectivity index (χ3n) is 6.64. The fourth-order valence-electron chi connectivity index (χ4n) is 4.62. The van der Waals surface area contributed by atoms with E-state index in [9.17, 15) is 14.7 Å². The van der Waals surface area contributed by atoms with Gasteiger partial charge in [0.1, 0.15) is 6.04 Å². The van der Waals surface area contributed by atoms with Gasteiger partial charge in [-0.2, -0.15) is 11.8 Å². The summed E-state index contributed by atoms with van der Waals surface area (Å²) in [6.45, 7) is 3.27. The summed E-state index contributed by atoms with van der Waals surface area (Å²) in [6, 6.07) is 12.7. The summed E-state index contributed by atoms with van der Waals surface area (Å²) in [7, 11) is 0. The molecule has 1 atom stereocenters. The van der Waals surface area contributed by atoms with Crippen LogP contribution in [-0.2, 0) is 16.1 Å². The second-order valence-electron chi connectivity index (χ2n) is 9.19. The van der Waals surface area contributed by atoms with Gasteiger partial charge in [-0.1, -0.05) is 62.4 Å². The van der Waals surface area contributed by atoms with E-state index in [1.165, 1.54) is 32.1 Å². The van der Waals surface area contributed by atoms with Gasteiger partial charge in [-0.05, 0) is 72.1 Å². The molecule has 0 heterocycles. The molecule has 2 aromatic rings. The first-order valence-corrected chi connectivity index (χ1v) is 13.7. The molecular weight excluding hydrogens is 453 g/mol. The molecule has 2 N–H and O–H groups in total. The van der Waals surface area contributed by atoms with Crippen LogP contribution < -0.4 is 5.32 Å². The second kappa shape index (κ2) is 15.4. The molecule has 0 bridgehead atoms. The van der Waals surface area contributed by atoms with Gasteiger partial charge in [0.25, 0.3) is 5.91 Å². The number of aliphatic carboxylic acids is 1. The van der Waals surface area contributed by atoms with Crippen LogP contribution in [0.3, 0.4) is 0 Å². The average molecular weight is 492 g/mol. The molecular formula is C28H38LiNO4S. The summed E-state index contributed by atoms with van der Waals surface area (Å²) in [5.74, 6) is 0.0777. The molecule has 0 aliphatic heterocycles. The summed E-state index contributed by atoms with van der Waals surface area (Å²) >= 11 is 1.56. The van der Waals surface area contributed by atoms with E-state index in [0.717, 1.165) is 41.2 Å². The van der Waals surface area contributed by atoms with Gasteiger partial charge >= 0.3 is 24.8 Å². The summed E-state index contributed by atoms with van der Waals surface area (Å²) in [6.07, 6.45) is 10.1. The van der Waals surface area contributed by atoms with Crippen LogP contribution in [0, 0.1) is 12.8 Å². The molecule has 1 aliphatic rings. The zero-order valence-corrected chi connectivity index (χ0v) is 21.2. The zero-order chi connectivity index (χ0) is 24.3. The van der Waals surface area contributed by atoms with Gasteiger partial charge in [-0.3, -0.25) is 4.79 Å². The molecule has 0 aromatic heterocycles. The van der Waals surface area contributed by atoms with Gasteiger partial charge in [0.15, 0.2) is 0 Å². The number of amides is 1. The first kappa shape index (κ1) is 29.5. The minimum atomic E-state index is -1.01. The fraction of sp³-hybridized carbons (Fsp3) is 0.500. The van der Waals surface area contributed by atoms with Gasteiger partial charge in [-0.15, -0.1) is 0 Å². The third kappa shape index (κ3) is 9.02. The Morgan fingerprint density at radius 2 is 1.86 bits per heavy atom. The van der Waals surface area contributed by atoms with Gasteiger partial charge in [0.2, 0.25) is 0 Å². The van der Waals surface area contributed by atoms with E-state index in [2.05, 4.69) is 5.32 Å². The average Bonchev–Trinajstić information content (AvgIpc) is 2.85. The van der Waals surface area contributed by atoms with Crippen LogP contribution in [0.2, 0.25) is 0 Å². The molecule has 5 nitrogen and oxygen atoms in total. The van der Waals surface area contributed by atoms with Crippen molar-refractivity contribution >= 4 is 42.5 Å². The quantitative estimate of drug-likeness (QED) is 0.306. The number of carbonyl (C=O) groups excluding carboxylic acids is 1. The number of carbonyl (C=O) groups is 2. The maximum absolute atomic E-state index is 13.2. The second-order valence-corrected chi connectivity index (χ2v) is 10.2. The molecule has 3 rings (SSSR count). The third-order valence-corrected chi connectivity index (χ3v) is 7.29. The predicted octanol–water partition coefficient (Wildman–Crippen LogP) is 5.44. The van der Waals surface area contributed by atoms with Crippen molar-refractivity contribution in [2.24, 2.45) is 5.92 Å². The van der Waals surface area contributed by atoms with E-state index in [-0.39, 0.29) is 24.8 Å². The monoisotopic (exact) mass is 491 g/mol. The Morgan fingerprint density at radius 1 is 1.11 bits per heavy atom. The summed E-state index contributed by atoms with van der Waals surface area (Å²) < 4.78 is 6.00. The predicted molar refractivity (Wildman–Crippen MR) is 147 cm³/mol. The Kier molecular flexibility index (Phi) is 13.0. The number of benzene rings is 2. The van der Waals surface area contributed by atoms with Crippen molar-refractivity contribution < 1.29 is 19.4 Å². The normalized spacial score (nSPS) is 14.7. The molecule has 7 heteroatoms. The first-order valence-electron chi connectivity index (χ1n) is 12.3. The van der Waals surface area contributed by atoms with Crippen molar-refractivity contribution in [2.75, 3.05) is 18.6 Å². The number of nitrogens with one attached hydrogen (secondary N) is 1. The molecule has 0 radical (unpaired) electrons. The van der Waals surface area contributed by atoms with Crippen molar-refractivity contribution in [1.29, 1.82) is 0 Å². The molecule has 0 spiro atoms. The molecule has 1 fully saturated rings. The Morgan fingerprint density at radius 3 is 2.54 bits per heavy atom. The van der Waals surface area contributed by atoms with E-state index in [1.54, 1.807) is 17.8 Å². The van der Waals surface area contributed by atoms with Gasteiger partial charge in [0, 0.05) is 12.2 Å². The summed E-state index contributed by atoms with van der Waals surface area (Å²) in [5, 5.41) is 12.3. The molecule has 186 valence electrons. The summed E-state index contributed by atoms with van der Waals surface area (Å²) in [5.41, 5.74) is 4.32. The van der Waals surface area contributed by atoms with Crippen LogP contribution in [0.4, 0.5) is 0 Å². The van der Waals surface area contributed by atoms with Crippen molar-refractivity contribution in [3.63, 3.8) is 0 Å². The number of hydrogen-bond donors (Lipinski definition) is 2. The van der Waals surface area contributed by atoms with E-state index >= 15 is 0 Å². The number of thioether (sulfide) groups is 1. The molecule has 35 heavy (non-hydrogen) atoms. The SMILES string of the molecule is CSCCC(NC(=O)c1ccc(COCCC2CCCCC2)cc1-c1ccccc1C)C(=O)O.[LiH]. The van der Waals surface area contributed by atoms with Crippen molar-refractivity contribution in [3.8, 4) is 11.1 Å². The topological polar surface area (TPSA) is 75.6 Å². The van der Waals surface area contributed by atoms with E-state index in [4.69, 9.17) is 4.74 Å². The van der Waals surface area contributed by atoms with Crippen molar-refractivity contribution in [1.82, 2.24) is 5.32 Å². The minimum absolute atomic E-state index is 0. The van der Waals surface area contributed by atoms with Crippen LogP contribution >= 0.6 is 11.8 Å². The molecule has 1 unspecified atom stereocenters. The number of ether oxygens (including phenoxy) is 1. The molecule has 2 aromatic carbocycles. The van der Waals surface area contributed by atoms with Gasteiger partial charge in [-0.25, -0.2) is 4.79 Å². The number of hydrogen-bond acceptors (Lipinski definition) is 4. The van der Waals surface area contributed by atoms with E-state index < -0.39 is 12.0 Å². The van der Waals surface area contributed by atoms with Crippen LogP contribution in [-0.4, -0.2) is 60.5 Å². The van der Waals surface area contributed by atoms with E-state index in [0.29, 0.717) is 24.3 Å². The number of aryl methyl sites for hydroxylation is 1. The van der Waals surface area contributed by atoms with Gasteiger partial charge < -0.3 is 15.2 Å². The zero-order valence-electron chi connectivity index (χ0n) is 20.3. The molecule has 1 amide bonds. The number of carboxylic acids is 1. The number of carboxylic acid groups (broad SMARTS) is 1. The standard InChI is InChI=1S/C28H37NO4S.Li.H/c1-20-8-6-7-11-23(20)25-18-22(19-33-16-14-21-9-4-3-5-10-21)12-13-24(25)27(30)29-26(28(31)32)15-17-34-2;;/h6-8,11-13,18,21,26H,3-5,9-10,14-17,19H2,1-2H3,(H,29,30)(H,31,32);;. The first-order chi connectivity index (χ1) is 16.5. The molecule has 0 saturated heterocycles. The molecule has 1 saturated carbocycles.